The lowest BCUT2D eigenvalue weighted by Gasteiger charge is -2.29. The second-order valence-electron chi connectivity index (χ2n) is 4.65. The average molecular weight is 245 g/mol. The van der Waals surface area contributed by atoms with E-state index in [2.05, 4.69) is 10.2 Å². The van der Waals surface area contributed by atoms with E-state index in [1.807, 2.05) is 0 Å². The first-order valence-corrected chi connectivity index (χ1v) is 6.56. The van der Waals surface area contributed by atoms with Gasteiger partial charge in [-0.05, 0) is 19.4 Å². The van der Waals surface area contributed by atoms with Gasteiger partial charge in [-0.1, -0.05) is 12.8 Å². The van der Waals surface area contributed by atoms with Crippen molar-refractivity contribution in [3.8, 4) is 0 Å². The van der Waals surface area contributed by atoms with Crippen molar-refractivity contribution in [1.82, 2.24) is 15.3 Å². The van der Waals surface area contributed by atoms with Crippen LogP contribution < -0.4 is 5.32 Å². The first-order chi connectivity index (χ1) is 8.18. The molecule has 0 spiro atoms. The minimum atomic E-state index is 0.0501. The topological polar surface area (TPSA) is 35.6 Å². The number of carbonyl (C=O) groups is 1. The van der Waals surface area contributed by atoms with E-state index < -0.39 is 0 Å². The number of hydrogen-bond donors (Lipinski definition) is 1. The normalized spacial score (nSPS) is 18.2. The molecule has 1 rings (SSSR count). The van der Waals surface area contributed by atoms with Crippen molar-refractivity contribution in [1.29, 1.82) is 0 Å². The molecule has 1 heterocycles. The minimum absolute atomic E-state index is 0.0501. The molecular formula is C12H24FN3O. The third kappa shape index (κ3) is 7.28. The van der Waals surface area contributed by atoms with Crippen LogP contribution in [0.4, 0.5) is 4.48 Å². The highest BCUT2D eigenvalue weighted by Gasteiger charge is 2.14. The van der Waals surface area contributed by atoms with Crippen molar-refractivity contribution >= 4 is 5.91 Å². The summed E-state index contributed by atoms with van der Waals surface area (Å²) in [5, 5.41) is 3.69. The summed E-state index contributed by atoms with van der Waals surface area (Å²) in [5.74, 6) is 0.0501. The van der Waals surface area contributed by atoms with E-state index in [0.717, 1.165) is 44.1 Å². The van der Waals surface area contributed by atoms with Gasteiger partial charge in [0.1, 0.15) is 0 Å². The predicted molar refractivity (Wildman–Crippen MR) is 66.3 cm³/mol. The van der Waals surface area contributed by atoms with Gasteiger partial charge in [-0.3, -0.25) is 4.79 Å². The molecule has 0 atom stereocenters. The van der Waals surface area contributed by atoms with Crippen molar-refractivity contribution < 1.29 is 9.28 Å². The van der Waals surface area contributed by atoms with E-state index in [4.69, 9.17) is 0 Å². The Balaban J connectivity index is 1.85. The largest absolute Gasteiger partial charge is 0.356 e. The Morgan fingerprint density at radius 1 is 1.12 bits per heavy atom. The van der Waals surface area contributed by atoms with Gasteiger partial charge in [-0.25, -0.2) is 0 Å². The number of nitrogens with one attached hydrogen (secondary N) is 1. The van der Waals surface area contributed by atoms with Gasteiger partial charge in [0.05, 0.1) is 0 Å². The van der Waals surface area contributed by atoms with Crippen molar-refractivity contribution in [2.75, 3.05) is 39.3 Å². The maximum Gasteiger partial charge on any atom is 0.216 e. The third-order valence-corrected chi connectivity index (χ3v) is 3.09. The maximum absolute atomic E-state index is 12.7. The summed E-state index contributed by atoms with van der Waals surface area (Å²) in [7, 11) is 0. The summed E-state index contributed by atoms with van der Waals surface area (Å²) in [5.41, 5.74) is 0. The molecule has 0 unspecified atom stereocenters. The zero-order valence-electron chi connectivity index (χ0n) is 10.8. The average Bonchev–Trinajstić information content (AvgIpc) is 2.30. The molecule has 0 aromatic rings. The Morgan fingerprint density at radius 2 is 1.76 bits per heavy atom. The van der Waals surface area contributed by atoms with Gasteiger partial charge in [0.2, 0.25) is 5.91 Å². The fraction of sp³-hybridized carbons (Fsp3) is 0.917. The first kappa shape index (κ1) is 14.4. The maximum atomic E-state index is 12.7. The number of amides is 1. The number of hydrogen-bond acceptors (Lipinski definition) is 3. The van der Waals surface area contributed by atoms with Crippen LogP contribution in [-0.4, -0.2) is 55.2 Å². The molecule has 0 aromatic heterocycles. The molecule has 1 N–H and O–H groups in total. The molecule has 1 aliphatic rings. The first-order valence-electron chi connectivity index (χ1n) is 6.56. The molecule has 1 aliphatic heterocycles. The number of rotatable bonds is 7. The van der Waals surface area contributed by atoms with Gasteiger partial charge >= 0.3 is 0 Å². The molecule has 0 saturated carbocycles. The summed E-state index contributed by atoms with van der Waals surface area (Å²) >= 11 is 0. The summed E-state index contributed by atoms with van der Waals surface area (Å²) in [4.78, 5) is 12.9. The lowest BCUT2D eigenvalue weighted by atomic mass is 10.2. The zero-order valence-corrected chi connectivity index (χ0v) is 10.8. The van der Waals surface area contributed by atoms with Gasteiger partial charge in [-0.15, -0.1) is 9.60 Å². The Morgan fingerprint density at radius 3 is 2.41 bits per heavy atom. The van der Waals surface area contributed by atoms with Crippen molar-refractivity contribution in [2.45, 2.75) is 32.6 Å². The lowest BCUT2D eigenvalue weighted by Crippen LogP contribution is -2.43. The van der Waals surface area contributed by atoms with Gasteiger partial charge in [0.25, 0.3) is 0 Å². The summed E-state index contributed by atoms with van der Waals surface area (Å²) in [6, 6.07) is 0. The zero-order chi connectivity index (χ0) is 12.5. The molecular weight excluding hydrogens is 221 g/mol. The molecule has 1 fully saturated rings. The van der Waals surface area contributed by atoms with Crippen LogP contribution in [0.1, 0.15) is 32.6 Å². The molecule has 0 aliphatic carbocycles. The smallest absolute Gasteiger partial charge is 0.216 e. The van der Waals surface area contributed by atoms with Gasteiger partial charge < -0.3 is 10.2 Å². The fourth-order valence-corrected chi connectivity index (χ4v) is 2.03. The van der Waals surface area contributed by atoms with E-state index >= 15 is 0 Å². The third-order valence-electron chi connectivity index (χ3n) is 3.09. The highest BCUT2D eigenvalue weighted by Crippen LogP contribution is 2.05. The standard InChI is InChI=1S/C12H24FN3O/c1-12(17)14-6-4-2-3-5-7-15-8-10-16(13)11-9-15/h2-11H2,1H3,(H,14,17). The van der Waals surface area contributed by atoms with Crippen molar-refractivity contribution in [3.63, 3.8) is 0 Å². The van der Waals surface area contributed by atoms with Crippen LogP contribution >= 0.6 is 0 Å². The quantitative estimate of drug-likeness (QED) is 0.540. The molecule has 1 saturated heterocycles. The number of halogens is 1. The molecule has 4 nitrogen and oxygen atoms in total. The molecule has 5 heteroatoms. The van der Waals surface area contributed by atoms with E-state index in [1.54, 1.807) is 6.92 Å². The van der Waals surface area contributed by atoms with Crippen LogP contribution in [0.15, 0.2) is 0 Å². The van der Waals surface area contributed by atoms with E-state index in [1.165, 1.54) is 12.8 Å². The molecule has 1 amide bonds. The number of carbonyl (C=O) groups excluding carboxylic acids is 1. The van der Waals surface area contributed by atoms with Crippen LogP contribution in [0, 0.1) is 0 Å². The van der Waals surface area contributed by atoms with E-state index in [-0.39, 0.29) is 5.91 Å². The fourth-order valence-electron chi connectivity index (χ4n) is 2.03. The molecule has 0 aromatic carbocycles. The Bertz CT molecular complexity index is 218. The number of nitrogens with zero attached hydrogens (tertiary/aromatic N) is 2. The Kier molecular flexibility index (Phi) is 7.12. The van der Waals surface area contributed by atoms with Crippen molar-refractivity contribution in [2.24, 2.45) is 0 Å². The minimum Gasteiger partial charge on any atom is -0.356 e. The van der Waals surface area contributed by atoms with E-state index in [9.17, 15) is 9.28 Å². The summed E-state index contributed by atoms with van der Waals surface area (Å²) < 4.78 is 12.7. The highest BCUT2D eigenvalue weighted by atomic mass is 19.2. The van der Waals surface area contributed by atoms with E-state index in [0.29, 0.717) is 13.1 Å². The van der Waals surface area contributed by atoms with Crippen LogP contribution in [0.2, 0.25) is 0 Å². The van der Waals surface area contributed by atoms with Crippen LogP contribution in [0.3, 0.4) is 0 Å². The van der Waals surface area contributed by atoms with Crippen LogP contribution in [-0.2, 0) is 4.79 Å². The molecule has 0 radical (unpaired) electrons. The lowest BCUT2D eigenvalue weighted by molar-refractivity contribution is -0.118. The molecule has 100 valence electrons. The molecule has 17 heavy (non-hydrogen) atoms. The second kappa shape index (κ2) is 8.42. The van der Waals surface area contributed by atoms with Gasteiger partial charge in [0.15, 0.2) is 0 Å². The Labute approximate surface area is 103 Å². The Hall–Kier alpha value is -0.680. The van der Waals surface area contributed by atoms with Crippen LogP contribution in [0.25, 0.3) is 0 Å². The monoisotopic (exact) mass is 245 g/mol. The number of piperazine rings is 1. The van der Waals surface area contributed by atoms with Gasteiger partial charge in [-0.2, -0.15) is 0 Å². The molecule has 0 bridgehead atoms. The van der Waals surface area contributed by atoms with Gasteiger partial charge in [0, 0.05) is 39.6 Å². The predicted octanol–water partition coefficient (Wildman–Crippen LogP) is 1.18. The van der Waals surface area contributed by atoms with Crippen LogP contribution in [0.5, 0.6) is 0 Å². The summed E-state index contributed by atoms with van der Waals surface area (Å²) in [6.07, 6.45) is 4.57. The summed E-state index contributed by atoms with van der Waals surface area (Å²) in [6.45, 7) is 6.20. The van der Waals surface area contributed by atoms with Crippen molar-refractivity contribution in [3.05, 3.63) is 0 Å². The SMILES string of the molecule is CC(=O)NCCCCCCN1CCN(F)CC1. The highest BCUT2D eigenvalue weighted by molar-refractivity contribution is 5.72. The number of unbranched alkanes of at least 4 members (excludes halogenated alkanes) is 3. The second-order valence-corrected chi connectivity index (χ2v) is 4.65.